The minimum absolute atomic E-state index is 0.0138. The molecule has 54 heavy (non-hydrogen) atoms. The number of allylic oxidation sites excluding steroid dienone is 6. The number of ketones is 1. The molecule has 1 rings (SSSR count). The summed E-state index contributed by atoms with van der Waals surface area (Å²) in [5.41, 5.74) is 0. The second-order valence-electron chi connectivity index (χ2n) is 14.4. The Labute approximate surface area is 324 Å². The fourth-order valence-corrected chi connectivity index (χ4v) is 6.63. The average Bonchev–Trinajstić information content (AvgIpc) is 3.40. The minimum atomic E-state index is -4.83. The minimum Gasteiger partial charge on any atom is -0.462 e. The highest BCUT2D eigenvalue weighted by Gasteiger charge is 2.39. The van der Waals surface area contributed by atoms with E-state index in [2.05, 4.69) is 42.7 Å². The molecule has 0 radical (unpaired) electrons. The number of carbonyl (C=O) groups excluding carboxylic acids is 3. The first-order chi connectivity index (χ1) is 26.0. The summed E-state index contributed by atoms with van der Waals surface area (Å²) in [6, 6.07) is 0. The van der Waals surface area contributed by atoms with Crippen LogP contribution in [0.5, 0.6) is 0 Å². The van der Waals surface area contributed by atoms with E-state index in [1.807, 2.05) is 12.2 Å². The summed E-state index contributed by atoms with van der Waals surface area (Å²) in [5, 5.41) is 20.6. The molecule has 0 aromatic carbocycles. The first-order valence-electron chi connectivity index (χ1n) is 20.5. The Morgan fingerprint density at radius 2 is 1.37 bits per heavy atom. The number of esters is 2. The van der Waals surface area contributed by atoms with Gasteiger partial charge in [-0.25, -0.2) is 4.57 Å². The summed E-state index contributed by atoms with van der Waals surface area (Å²) >= 11 is 0. The third-order valence-electron chi connectivity index (χ3n) is 9.44. The second kappa shape index (κ2) is 31.8. The Balaban J connectivity index is 2.32. The summed E-state index contributed by atoms with van der Waals surface area (Å²) in [6.45, 7) is 3.31. The molecule has 0 aromatic rings. The maximum absolute atomic E-state index is 12.5. The molecule has 12 heteroatoms. The molecule has 0 bridgehead atoms. The standard InChI is InChI=1S/C42H71O11P/c1-3-5-7-8-9-10-11-12-13-14-15-16-17-18-19-24-28-41(46)51-33-36(34-52-54(48,49)50)53-42(47)29-25-21-20-23-27-37-38(40(45)32-39(37)44)31-30-35(43)26-22-6-4-2/h9-10,12-13,20,23,30-31,35-38,40,43,45H,3-8,11,14-19,21-22,24-29,32-34H2,1-2H3,(H2,48,49,50)/b10-9-,13-12-,23-20-,31-30+/t35-,36+,37+,38+,40+/m0/s1. The maximum Gasteiger partial charge on any atom is 0.469 e. The van der Waals surface area contributed by atoms with Crippen LogP contribution in [-0.4, -0.2) is 69.2 Å². The van der Waals surface area contributed by atoms with Crippen molar-refractivity contribution in [3.63, 3.8) is 0 Å². The van der Waals surface area contributed by atoms with Crippen LogP contribution in [0, 0.1) is 11.8 Å². The van der Waals surface area contributed by atoms with Crippen LogP contribution in [0.1, 0.15) is 155 Å². The number of phosphoric acid groups is 1. The van der Waals surface area contributed by atoms with Crippen molar-refractivity contribution in [1.29, 1.82) is 0 Å². The number of ether oxygens (including phenoxy) is 2. The molecule has 0 unspecified atom stereocenters. The van der Waals surface area contributed by atoms with Gasteiger partial charge in [0.05, 0.1) is 18.8 Å². The number of unbranched alkanes of at least 4 members (excludes halogenated alkanes) is 12. The van der Waals surface area contributed by atoms with Crippen molar-refractivity contribution in [2.24, 2.45) is 11.8 Å². The number of hydrogen-bond donors (Lipinski definition) is 4. The molecular weight excluding hydrogens is 711 g/mol. The van der Waals surface area contributed by atoms with E-state index >= 15 is 0 Å². The zero-order chi connectivity index (χ0) is 39.9. The molecule has 0 aliphatic heterocycles. The smallest absolute Gasteiger partial charge is 0.462 e. The van der Waals surface area contributed by atoms with Crippen LogP contribution in [0.25, 0.3) is 0 Å². The number of phosphoric ester groups is 1. The quantitative estimate of drug-likeness (QED) is 0.0216. The van der Waals surface area contributed by atoms with Crippen LogP contribution in [-0.2, 0) is 32.9 Å². The SMILES string of the molecule is CCCCC/C=C\C/C=C\CCCCCCCCC(=O)OC[C@H](COP(=O)(O)O)OC(=O)CCC/C=C\C[C@H]1C(=O)C[C@@H](O)[C@@H]1/C=C/[C@@H](O)CCCCC. The van der Waals surface area contributed by atoms with Crippen molar-refractivity contribution in [3.8, 4) is 0 Å². The number of aliphatic hydroxyl groups is 2. The lowest BCUT2D eigenvalue weighted by molar-refractivity contribution is -0.161. The molecule has 1 fully saturated rings. The predicted octanol–water partition coefficient (Wildman–Crippen LogP) is 8.93. The predicted molar refractivity (Wildman–Crippen MR) is 212 cm³/mol. The van der Waals surface area contributed by atoms with E-state index in [0.29, 0.717) is 32.1 Å². The van der Waals surface area contributed by atoms with Crippen molar-refractivity contribution in [2.75, 3.05) is 13.2 Å². The largest absolute Gasteiger partial charge is 0.469 e. The Hall–Kier alpha value is -2.40. The molecule has 0 spiro atoms. The number of Topliss-reactive ketones (excluding diaryl/α,β-unsaturated/α-hetero) is 1. The molecule has 1 aliphatic carbocycles. The van der Waals surface area contributed by atoms with Gasteiger partial charge in [0.1, 0.15) is 12.4 Å². The third-order valence-corrected chi connectivity index (χ3v) is 9.92. The van der Waals surface area contributed by atoms with E-state index in [4.69, 9.17) is 19.3 Å². The van der Waals surface area contributed by atoms with E-state index in [0.717, 1.165) is 64.2 Å². The van der Waals surface area contributed by atoms with E-state index in [9.17, 15) is 29.2 Å². The highest BCUT2D eigenvalue weighted by atomic mass is 31.2. The molecule has 0 amide bonds. The lowest BCUT2D eigenvalue weighted by Crippen LogP contribution is -2.29. The summed E-state index contributed by atoms with van der Waals surface area (Å²) in [5.74, 6) is -1.85. The van der Waals surface area contributed by atoms with E-state index in [1.54, 1.807) is 12.2 Å². The van der Waals surface area contributed by atoms with Crippen LogP contribution < -0.4 is 0 Å². The van der Waals surface area contributed by atoms with Gasteiger partial charge in [-0.3, -0.25) is 18.9 Å². The van der Waals surface area contributed by atoms with Crippen LogP contribution in [0.15, 0.2) is 48.6 Å². The number of hydrogen-bond acceptors (Lipinski definition) is 9. The molecule has 1 saturated carbocycles. The van der Waals surface area contributed by atoms with Crippen LogP contribution in [0.2, 0.25) is 0 Å². The fraction of sp³-hybridized carbons (Fsp3) is 0.738. The van der Waals surface area contributed by atoms with Gasteiger partial charge in [-0.15, -0.1) is 0 Å². The fourth-order valence-electron chi connectivity index (χ4n) is 6.27. The first kappa shape index (κ1) is 49.6. The lowest BCUT2D eigenvalue weighted by atomic mass is 9.90. The molecular formula is C42H71O11P. The van der Waals surface area contributed by atoms with Gasteiger partial charge in [-0.1, -0.05) is 120 Å². The van der Waals surface area contributed by atoms with Crippen molar-refractivity contribution in [1.82, 2.24) is 0 Å². The second-order valence-corrected chi connectivity index (χ2v) is 15.6. The Kier molecular flexibility index (Phi) is 29.2. The van der Waals surface area contributed by atoms with Crippen LogP contribution in [0.4, 0.5) is 0 Å². The van der Waals surface area contributed by atoms with Crippen LogP contribution in [0.3, 0.4) is 0 Å². The molecule has 0 aromatic heterocycles. The number of carbonyl (C=O) groups is 3. The molecule has 5 atom stereocenters. The zero-order valence-electron chi connectivity index (χ0n) is 33.1. The van der Waals surface area contributed by atoms with Crippen molar-refractivity contribution in [3.05, 3.63) is 48.6 Å². The van der Waals surface area contributed by atoms with Gasteiger partial charge in [0.2, 0.25) is 0 Å². The van der Waals surface area contributed by atoms with E-state index in [-0.39, 0.29) is 43.5 Å². The van der Waals surface area contributed by atoms with Crippen molar-refractivity contribution < 1.29 is 52.9 Å². The van der Waals surface area contributed by atoms with Crippen molar-refractivity contribution in [2.45, 2.75) is 173 Å². The van der Waals surface area contributed by atoms with Gasteiger partial charge in [0, 0.05) is 31.1 Å². The molecule has 11 nitrogen and oxygen atoms in total. The average molecular weight is 783 g/mol. The molecule has 0 saturated heterocycles. The summed E-state index contributed by atoms with van der Waals surface area (Å²) in [6.07, 6.45) is 31.9. The van der Waals surface area contributed by atoms with Gasteiger partial charge in [0.15, 0.2) is 6.10 Å². The van der Waals surface area contributed by atoms with E-state index < -0.39 is 44.7 Å². The van der Waals surface area contributed by atoms with Gasteiger partial charge in [-0.2, -0.15) is 0 Å². The topological polar surface area (TPSA) is 177 Å². The lowest BCUT2D eigenvalue weighted by Gasteiger charge is -2.18. The van der Waals surface area contributed by atoms with Gasteiger partial charge >= 0.3 is 19.8 Å². The number of rotatable bonds is 33. The molecule has 1 aliphatic rings. The third kappa shape index (κ3) is 27.2. The van der Waals surface area contributed by atoms with Gasteiger partial charge in [-0.05, 0) is 64.2 Å². The van der Waals surface area contributed by atoms with Gasteiger partial charge < -0.3 is 29.5 Å². The highest BCUT2D eigenvalue weighted by Crippen LogP contribution is 2.36. The van der Waals surface area contributed by atoms with E-state index in [1.165, 1.54) is 25.7 Å². The van der Waals surface area contributed by atoms with Crippen molar-refractivity contribution >= 4 is 25.5 Å². The number of aliphatic hydroxyl groups excluding tert-OH is 2. The highest BCUT2D eigenvalue weighted by molar-refractivity contribution is 7.46. The molecule has 0 heterocycles. The van der Waals surface area contributed by atoms with Gasteiger partial charge in [0.25, 0.3) is 0 Å². The monoisotopic (exact) mass is 782 g/mol. The maximum atomic E-state index is 12.5. The Bertz CT molecular complexity index is 1170. The summed E-state index contributed by atoms with van der Waals surface area (Å²) < 4.78 is 26.3. The zero-order valence-corrected chi connectivity index (χ0v) is 34.0. The first-order valence-corrected chi connectivity index (χ1v) is 22.1. The summed E-state index contributed by atoms with van der Waals surface area (Å²) in [4.78, 5) is 55.5. The van der Waals surface area contributed by atoms with Crippen LogP contribution >= 0.6 is 7.82 Å². The molecule has 4 N–H and O–H groups in total. The summed E-state index contributed by atoms with van der Waals surface area (Å²) in [7, 11) is -4.83. The molecule has 310 valence electrons. The Morgan fingerprint density at radius 1 is 0.778 bits per heavy atom. The Morgan fingerprint density at radius 3 is 2.06 bits per heavy atom. The normalized spacial score (nSPS) is 19.1.